The molecule has 0 heterocycles. The number of hydrogen-bond donors (Lipinski definition) is 0. The number of fused-ring (bicyclic) bond motifs is 1. The van der Waals surface area contributed by atoms with Crippen LogP contribution in [0.25, 0.3) is 0 Å². The Morgan fingerprint density at radius 1 is 1.00 bits per heavy atom. The van der Waals surface area contributed by atoms with Gasteiger partial charge in [0, 0.05) is 11.6 Å². The van der Waals surface area contributed by atoms with Crippen molar-refractivity contribution in [2.24, 2.45) is 0 Å². The van der Waals surface area contributed by atoms with Crippen LogP contribution in [0.4, 0.5) is 11.4 Å². The summed E-state index contributed by atoms with van der Waals surface area (Å²) in [5, 5.41) is 22.1. The molecule has 102 valence electrons. The third kappa shape index (κ3) is 1.97. The van der Waals surface area contributed by atoms with Crippen LogP contribution >= 0.6 is 0 Å². The largest absolute Gasteiger partial charge is 0.280 e. The van der Waals surface area contributed by atoms with Crippen molar-refractivity contribution in [2.75, 3.05) is 0 Å². The summed E-state index contributed by atoms with van der Waals surface area (Å²) < 4.78 is 0. The first-order valence-electron chi connectivity index (χ1n) is 6.04. The molecule has 0 bridgehead atoms. The Labute approximate surface area is 110 Å². The quantitative estimate of drug-likeness (QED) is 0.604. The summed E-state index contributed by atoms with van der Waals surface area (Å²) >= 11 is 0. The lowest BCUT2D eigenvalue weighted by Crippen LogP contribution is -2.18. The number of hydrogen-bond acceptors (Lipinski definition) is 4. The normalized spacial score (nSPS) is 18.9. The van der Waals surface area contributed by atoms with E-state index in [0.29, 0.717) is 5.56 Å². The van der Waals surface area contributed by atoms with Gasteiger partial charge in [0.05, 0.1) is 15.9 Å². The summed E-state index contributed by atoms with van der Waals surface area (Å²) in [6, 6.07) is 2.55. The summed E-state index contributed by atoms with van der Waals surface area (Å²) in [6.45, 7) is 7.82. The molecule has 0 unspecified atom stereocenters. The Hall–Kier alpha value is -1.98. The van der Waals surface area contributed by atoms with Crippen LogP contribution in [-0.2, 0) is 10.8 Å². The molecule has 6 heteroatoms. The van der Waals surface area contributed by atoms with Crippen LogP contribution in [0.3, 0.4) is 0 Å². The molecule has 0 aromatic heterocycles. The predicted octanol–water partition coefficient (Wildman–Crippen LogP) is 3.46. The first-order chi connectivity index (χ1) is 8.56. The fourth-order valence-electron chi connectivity index (χ4n) is 3.39. The zero-order valence-corrected chi connectivity index (χ0v) is 11.4. The molecule has 0 fully saturated rings. The molecule has 0 N–H and O–H groups in total. The van der Waals surface area contributed by atoms with Gasteiger partial charge in [0.2, 0.25) is 0 Å². The highest BCUT2D eigenvalue weighted by Crippen LogP contribution is 2.53. The number of nitro benzene ring substituents is 2. The van der Waals surface area contributed by atoms with E-state index in [2.05, 4.69) is 0 Å². The molecule has 0 saturated heterocycles. The van der Waals surface area contributed by atoms with E-state index in [4.69, 9.17) is 0 Å². The van der Waals surface area contributed by atoms with E-state index < -0.39 is 9.85 Å². The van der Waals surface area contributed by atoms with Crippen molar-refractivity contribution in [3.8, 4) is 0 Å². The van der Waals surface area contributed by atoms with Crippen LogP contribution in [0.1, 0.15) is 45.2 Å². The standard InChI is InChI=1S/C13H16N2O4/c1-12(2)7-13(3,4)11-9(12)5-8(14(16)17)6-10(11)15(18)19/h5-6H,7H2,1-4H3. The second kappa shape index (κ2) is 3.76. The number of nitro groups is 2. The second-order valence-electron chi connectivity index (χ2n) is 6.35. The highest BCUT2D eigenvalue weighted by Gasteiger charge is 2.47. The van der Waals surface area contributed by atoms with Gasteiger partial charge < -0.3 is 0 Å². The lowest BCUT2D eigenvalue weighted by molar-refractivity contribution is -0.394. The van der Waals surface area contributed by atoms with Gasteiger partial charge in [-0.15, -0.1) is 0 Å². The molecule has 19 heavy (non-hydrogen) atoms. The maximum absolute atomic E-state index is 11.2. The minimum atomic E-state index is -0.575. The summed E-state index contributed by atoms with van der Waals surface area (Å²) in [5.41, 5.74) is 0.355. The van der Waals surface area contributed by atoms with Crippen molar-refractivity contribution >= 4 is 11.4 Å². The van der Waals surface area contributed by atoms with Crippen molar-refractivity contribution in [1.82, 2.24) is 0 Å². The monoisotopic (exact) mass is 264 g/mol. The van der Waals surface area contributed by atoms with Crippen molar-refractivity contribution in [2.45, 2.75) is 44.9 Å². The zero-order chi connectivity index (χ0) is 14.6. The van der Waals surface area contributed by atoms with E-state index in [0.717, 1.165) is 18.1 Å². The van der Waals surface area contributed by atoms with Crippen LogP contribution in [-0.4, -0.2) is 9.85 Å². The van der Waals surface area contributed by atoms with Crippen molar-refractivity contribution in [3.63, 3.8) is 0 Å². The summed E-state index contributed by atoms with van der Waals surface area (Å²) in [6.07, 6.45) is 0.733. The molecule has 0 radical (unpaired) electrons. The molecule has 0 spiro atoms. The Morgan fingerprint density at radius 2 is 1.58 bits per heavy atom. The summed E-state index contributed by atoms with van der Waals surface area (Å²) in [4.78, 5) is 21.1. The van der Waals surface area contributed by atoms with Crippen LogP contribution in [0.2, 0.25) is 0 Å². The van der Waals surface area contributed by atoms with Crippen LogP contribution in [0, 0.1) is 20.2 Å². The lowest BCUT2D eigenvalue weighted by atomic mass is 9.81. The van der Waals surface area contributed by atoms with Gasteiger partial charge in [-0.3, -0.25) is 20.2 Å². The molecule has 6 nitrogen and oxygen atoms in total. The third-order valence-electron chi connectivity index (χ3n) is 3.80. The first-order valence-corrected chi connectivity index (χ1v) is 6.04. The van der Waals surface area contributed by atoms with Gasteiger partial charge in [-0.25, -0.2) is 0 Å². The average molecular weight is 264 g/mol. The van der Waals surface area contributed by atoms with E-state index >= 15 is 0 Å². The van der Waals surface area contributed by atoms with Gasteiger partial charge in [-0.2, -0.15) is 0 Å². The first kappa shape index (κ1) is 13.5. The topological polar surface area (TPSA) is 86.3 Å². The lowest BCUT2D eigenvalue weighted by Gasteiger charge is -2.22. The Bertz CT molecular complexity index is 591. The van der Waals surface area contributed by atoms with Crippen molar-refractivity contribution in [3.05, 3.63) is 43.5 Å². The summed E-state index contributed by atoms with van der Waals surface area (Å²) in [5.74, 6) is 0. The van der Waals surface area contributed by atoms with Crippen LogP contribution < -0.4 is 0 Å². The van der Waals surface area contributed by atoms with Gasteiger partial charge in [0.25, 0.3) is 11.4 Å². The van der Waals surface area contributed by atoms with E-state index in [9.17, 15) is 20.2 Å². The average Bonchev–Trinajstić information content (AvgIpc) is 2.43. The van der Waals surface area contributed by atoms with E-state index in [1.165, 1.54) is 6.07 Å². The maximum atomic E-state index is 11.2. The second-order valence-corrected chi connectivity index (χ2v) is 6.35. The molecule has 1 aromatic rings. The molecular weight excluding hydrogens is 248 g/mol. The molecule has 1 aliphatic rings. The van der Waals surface area contributed by atoms with Gasteiger partial charge in [0.1, 0.15) is 0 Å². The molecule has 0 atom stereocenters. The molecule has 2 rings (SSSR count). The molecule has 1 aromatic carbocycles. The molecular formula is C13H16N2O4. The minimum absolute atomic E-state index is 0.139. The number of rotatable bonds is 2. The van der Waals surface area contributed by atoms with Crippen molar-refractivity contribution < 1.29 is 9.85 Å². The molecule has 1 aliphatic carbocycles. The summed E-state index contributed by atoms with van der Waals surface area (Å²) in [7, 11) is 0. The minimum Gasteiger partial charge on any atom is -0.258 e. The molecule has 0 saturated carbocycles. The maximum Gasteiger partial charge on any atom is 0.280 e. The fraction of sp³-hybridized carbons (Fsp3) is 0.538. The van der Waals surface area contributed by atoms with Gasteiger partial charge >= 0.3 is 0 Å². The highest BCUT2D eigenvalue weighted by atomic mass is 16.6. The zero-order valence-electron chi connectivity index (χ0n) is 11.4. The highest BCUT2D eigenvalue weighted by molar-refractivity contribution is 5.61. The van der Waals surface area contributed by atoms with Crippen LogP contribution in [0.15, 0.2) is 12.1 Å². The fourth-order valence-corrected chi connectivity index (χ4v) is 3.39. The van der Waals surface area contributed by atoms with E-state index in [-0.39, 0.29) is 22.2 Å². The van der Waals surface area contributed by atoms with Crippen LogP contribution in [0.5, 0.6) is 0 Å². The molecule has 0 aliphatic heterocycles. The smallest absolute Gasteiger partial charge is 0.258 e. The number of non-ortho nitro benzene ring substituents is 1. The Kier molecular flexibility index (Phi) is 2.66. The number of benzene rings is 1. The van der Waals surface area contributed by atoms with E-state index in [1.807, 2.05) is 27.7 Å². The Balaban J connectivity index is 2.84. The van der Waals surface area contributed by atoms with Gasteiger partial charge in [-0.1, -0.05) is 27.7 Å². The number of nitrogens with zero attached hydrogens (tertiary/aromatic N) is 2. The predicted molar refractivity (Wildman–Crippen MR) is 70.4 cm³/mol. The van der Waals surface area contributed by atoms with Gasteiger partial charge in [-0.05, 0) is 22.8 Å². The third-order valence-corrected chi connectivity index (χ3v) is 3.80. The molecule has 0 amide bonds. The van der Waals surface area contributed by atoms with Gasteiger partial charge in [0.15, 0.2) is 0 Å². The SMILES string of the molecule is CC1(C)CC(C)(C)c2c([N+](=O)[O-])cc([N+](=O)[O-])cc21. The Morgan fingerprint density at radius 3 is 2.05 bits per heavy atom. The van der Waals surface area contributed by atoms with Crippen molar-refractivity contribution in [1.29, 1.82) is 0 Å². The van der Waals surface area contributed by atoms with E-state index in [1.54, 1.807) is 0 Å².